The maximum Gasteiger partial charge on any atom is 0.433 e. The normalized spacial score (nSPS) is 21.0. The number of rotatable bonds is 7. The van der Waals surface area contributed by atoms with Crippen LogP contribution in [0.3, 0.4) is 0 Å². The first-order valence-corrected chi connectivity index (χ1v) is 14.6. The molecule has 2 aromatic carbocycles. The zero-order chi connectivity index (χ0) is 29.6. The number of hydrogen-bond donors (Lipinski definition) is 1. The van der Waals surface area contributed by atoms with E-state index < -0.39 is 35.1 Å². The molecule has 0 radical (unpaired) electrons. The van der Waals surface area contributed by atoms with Crippen molar-refractivity contribution in [2.24, 2.45) is 0 Å². The fourth-order valence-corrected chi connectivity index (χ4v) is 6.34. The van der Waals surface area contributed by atoms with Gasteiger partial charge in [0.15, 0.2) is 5.69 Å². The number of piperazine rings is 1. The number of carboxylic acid groups (broad SMARTS) is 1. The van der Waals surface area contributed by atoms with Crippen LogP contribution in [0.15, 0.2) is 48.7 Å². The van der Waals surface area contributed by atoms with Crippen LogP contribution in [-0.2, 0) is 6.18 Å². The first-order chi connectivity index (χ1) is 20.0. The number of carbonyl (C=O) groups is 1. The first-order valence-electron chi connectivity index (χ1n) is 14.2. The molecule has 1 saturated carbocycles. The summed E-state index contributed by atoms with van der Waals surface area (Å²) in [5.41, 5.74) is 0.669. The van der Waals surface area contributed by atoms with Crippen LogP contribution in [0.4, 0.5) is 28.9 Å². The van der Waals surface area contributed by atoms with E-state index in [1.165, 1.54) is 0 Å². The van der Waals surface area contributed by atoms with Gasteiger partial charge in [-0.25, -0.2) is 9.18 Å². The minimum absolute atomic E-state index is 0.222. The van der Waals surface area contributed by atoms with Gasteiger partial charge in [-0.15, -0.1) is 0 Å². The van der Waals surface area contributed by atoms with E-state index >= 15 is 0 Å². The van der Waals surface area contributed by atoms with Crippen LogP contribution in [0.1, 0.15) is 47.8 Å². The number of piperidine rings is 1. The maximum atomic E-state index is 14.2. The van der Waals surface area contributed by atoms with Crippen LogP contribution in [0.25, 0.3) is 11.1 Å². The molecule has 7 nitrogen and oxygen atoms in total. The molecule has 6 rings (SSSR count). The molecule has 0 amide bonds. The average Bonchev–Trinajstić information content (AvgIpc) is 3.50. The van der Waals surface area contributed by atoms with Crippen molar-refractivity contribution in [1.82, 2.24) is 14.7 Å². The van der Waals surface area contributed by atoms with Gasteiger partial charge in [0.05, 0.1) is 12.2 Å². The Balaban J connectivity index is 1.21. The Morgan fingerprint density at radius 1 is 1.02 bits per heavy atom. The zero-order valence-corrected chi connectivity index (χ0v) is 23.7. The standard InChI is InChI=1S/C30H32ClF4N5O2/c31-21-5-8-24(20-3-6-22(7-4-20)38-14-12-37(13-15-38)19-29(32)9-10-29)26(16-21)39-11-1-2-23(18-39)40-27(30(33,34)35)25(17-36-40)28(41)42/h3-8,16-17,23H,1-2,9-15,18-19H2,(H,41,42). The SMILES string of the molecule is O=C(O)c1cnn(C2CCCN(c3cc(Cl)ccc3-c3ccc(N4CCN(CC5(F)CC5)CC4)cc3)C2)c1C(F)(F)F. The minimum Gasteiger partial charge on any atom is -0.478 e. The van der Waals surface area contributed by atoms with Crippen molar-refractivity contribution in [3.63, 3.8) is 0 Å². The first kappa shape index (κ1) is 28.8. The molecule has 3 aromatic rings. The van der Waals surface area contributed by atoms with Crippen molar-refractivity contribution in [1.29, 1.82) is 0 Å². The van der Waals surface area contributed by atoms with Crippen molar-refractivity contribution in [2.75, 3.05) is 55.6 Å². The van der Waals surface area contributed by atoms with Gasteiger partial charge in [0.1, 0.15) is 11.2 Å². The quantitative estimate of drug-likeness (QED) is 0.315. The summed E-state index contributed by atoms with van der Waals surface area (Å²) in [5, 5.41) is 13.7. The van der Waals surface area contributed by atoms with Crippen LogP contribution < -0.4 is 9.80 Å². The number of alkyl halides is 4. The summed E-state index contributed by atoms with van der Waals surface area (Å²) in [5.74, 6) is -1.66. The number of nitrogens with zero attached hydrogens (tertiary/aromatic N) is 5. The fraction of sp³-hybridized carbons (Fsp3) is 0.467. The molecule has 3 aliphatic rings. The number of aromatic carboxylic acids is 1. The van der Waals surface area contributed by atoms with E-state index in [0.29, 0.717) is 43.8 Å². The second kappa shape index (κ2) is 11.1. The van der Waals surface area contributed by atoms with E-state index in [1.807, 2.05) is 29.2 Å². The minimum atomic E-state index is -4.85. The van der Waals surface area contributed by atoms with Crippen LogP contribution in [-0.4, -0.2) is 77.2 Å². The molecular weight excluding hydrogens is 574 g/mol. The molecule has 2 aliphatic heterocycles. The van der Waals surface area contributed by atoms with Crippen LogP contribution in [0.2, 0.25) is 5.02 Å². The smallest absolute Gasteiger partial charge is 0.433 e. The Hall–Kier alpha value is -3.31. The molecule has 1 aromatic heterocycles. The monoisotopic (exact) mass is 605 g/mol. The summed E-state index contributed by atoms with van der Waals surface area (Å²) in [6.07, 6.45) is -1.70. The van der Waals surface area contributed by atoms with E-state index in [-0.39, 0.29) is 6.54 Å². The number of anilines is 2. The predicted molar refractivity (Wildman–Crippen MR) is 153 cm³/mol. The zero-order valence-electron chi connectivity index (χ0n) is 23.0. The molecule has 3 heterocycles. The van der Waals surface area contributed by atoms with Gasteiger partial charge in [0, 0.05) is 67.8 Å². The molecule has 224 valence electrons. The van der Waals surface area contributed by atoms with E-state index in [1.54, 1.807) is 6.07 Å². The van der Waals surface area contributed by atoms with Gasteiger partial charge in [-0.2, -0.15) is 18.3 Å². The van der Waals surface area contributed by atoms with Gasteiger partial charge in [-0.05, 0) is 55.5 Å². The molecule has 0 spiro atoms. The summed E-state index contributed by atoms with van der Waals surface area (Å²) < 4.78 is 56.7. The van der Waals surface area contributed by atoms with E-state index in [4.69, 9.17) is 11.6 Å². The number of halogens is 5. The predicted octanol–water partition coefficient (Wildman–Crippen LogP) is 6.39. The Bertz CT molecular complexity index is 1450. The van der Waals surface area contributed by atoms with Gasteiger partial charge < -0.3 is 14.9 Å². The number of benzene rings is 2. The number of aromatic nitrogens is 2. The second-order valence-electron chi connectivity index (χ2n) is 11.5. The van der Waals surface area contributed by atoms with Crippen molar-refractivity contribution >= 4 is 28.9 Å². The van der Waals surface area contributed by atoms with Crippen molar-refractivity contribution in [2.45, 2.75) is 43.6 Å². The van der Waals surface area contributed by atoms with Crippen LogP contribution in [0.5, 0.6) is 0 Å². The summed E-state index contributed by atoms with van der Waals surface area (Å²) in [6, 6.07) is 13.1. The molecule has 1 unspecified atom stereocenters. The molecule has 3 fully saturated rings. The number of hydrogen-bond acceptors (Lipinski definition) is 5. The van der Waals surface area contributed by atoms with E-state index in [0.717, 1.165) is 59.6 Å². The lowest BCUT2D eigenvalue weighted by molar-refractivity contribution is -0.145. The van der Waals surface area contributed by atoms with E-state index in [9.17, 15) is 27.5 Å². The largest absolute Gasteiger partial charge is 0.478 e. The lowest BCUT2D eigenvalue weighted by Crippen LogP contribution is -2.48. The van der Waals surface area contributed by atoms with Gasteiger partial charge in [0.2, 0.25) is 0 Å². The molecule has 42 heavy (non-hydrogen) atoms. The third-order valence-electron chi connectivity index (χ3n) is 8.55. The molecule has 1 N–H and O–H groups in total. The Labute approximate surface area is 246 Å². The summed E-state index contributed by atoms with van der Waals surface area (Å²) in [7, 11) is 0. The van der Waals surface area contributed by atoms with Crippen molar-refractivity contribution in [3.05, 3.63) is 64.9 Å². The molecule has 1 atom stereocenters. The second-order valence-corrected chi connectivity index (χ2v) is 12.0. The van der Waals surface area contributed by atoms with Gasteiger partial charge in [0.25, 0.3) is 0 Å². The summed E-state index contributed by atoms with van der Waals surface area (Å²) in [4.78, 5) is 18.0. The third-order valence-corrected chi connectivity index (χ3v) is 8.79. The van der Waals surface area contributed by atoms with Crippen LogP contribution in [0, 0.1) is 0 Å². The fourth-order valence-electron chi connectivity index (χ4n) is 6.17. The topological polar surface area (TPSA) is 64.8 Å². The van der Waals surface area contributed by atoms with Crippen molar-refractivity contribution < 1.29 is 27.5 Å². The van der Waals surface area contributed by atoms with Crippen LogP contribution >= 0.6 is 11.6 Å². The lowest BCUT2D eigenvalue weighted by Gasteiger charge is -2.37. The molecular formula is C30H32ClF4N5O2. The van der Waals surface area contributed by atoms with Gasteiger partial charge >= 0.3 is 12.1 Å². The van der Waals surface area contributed by atoms with Gasteiger partial charge in [-0.1, -0.05) is 29.8 Å². The highest BCUT2D eigenvalue weighted by atomic mass is 35.5. The van der Waals surface area contributed by atoms with Gasteiger partial charge in [-0.3, -0.25) is 9.58 Å². The lowest BCUT2D eigenvalue weighted by atomic mass is 9.99. The highest BCUT2D eigenvalue weighted by Crippen LogP contribution is 2.41. The maximum absolute atomic E-state index is 14.2. The summed E-state index contributed by atoms with van der Waals surface area (Å²) >= 11 is 6.39. The molecule has 1 aliphatic carbocycles. The Morgan fingerprint density at radius 3 is 2.38 bits per heavy atom. The molecule has 12 heteroatoms. The molecule has 2 saturated heterocycles. The summed E-state index contributed by atoms with van der Waals surface area (Å²) in [6.45, 7) is 4.66. The average molecular weight is 606 g/mol. The Morgan fingerprint density at radius 2 is 1.74 bits per heavy atom. The Kier molecular flexibility index (Phi) is 7.59. The number of carboxylic acids is 1. The van der Waals surface area contributed by atoms with E-state index in [2.05, 4.69) is 27.0 Å². The highest BCUT2D eigenvalue weighted by Gasteiger charge is 2.45. The van der Waals surface area contributed by atoms with Crippen molar-refractivity contribution in [3.8, 4) is 11.1 Å². The highest BCUT2D eigenvalue weighted by molar-refractivity contribution is 6.31. The third kappa shape index (κ3) is 5.94. The molecule has 0 bridgehead atoms.